The van der Waals surface area contributed by atoms with E-state index in [1.807, 2.05) is 23.0 Å². The molecule has 0 aliphatic carbocycles. The molecule has 2 heterocycles. The summed E-state index contributed by atoms with van der Waals surface area (Å²) < 4.78 is 4.12. The number of hydrogen-bond acceptors (Lipinski definition) is 2. The number of aryl methyl sites for hydroxylation is 2. The van der Waals surface area contributed by atoms with Crippen molar-refractivity contribution in [1.29, 1.82) is 0 Å². The molecule has 0 aliphatic heterocycles. The predicted molar refractivity (Wildman–Crippen MR) is 90.0 cm³/mol. The second kappa shape index (κ2) is 8.92. The van der Waals surface area contributed by atoms with E-state index in [1.165, 1.54) is 5.56 Å². The summed E-state index contributed by atoms with van der Waals surface area (Å²) in [7, 11) is 0. The largest absolute Gasteiger partial charge is 0.357 e. The molecule has 120 valence electrons. The number of rotatable bonds is 8. The number of guanidine groups is 1. The number of aliphatic imine (C=N–C) groups is 1. The highest BCUT2D eigenvalue weighted by Gasteiger charge is 1.98. The van der Waals surface area contributed by atoms with Crippen molar-refractivity contribution in [1.82, 2.24) is 25.0 Å². The second-order valence-corrected chi connectivity index (χ2v) is 5.24. The third kappa shape index (κ3) is 5.63. The highest BCUT2D eigenvalue weighted by molar-refractivity contribution is 5.79. The fourth-order valence-corrected chi connectivity index (χ4v) is 2.18. The van der Waals surface area contributed by atoms with E-state index < -0.39 is 0 Å². The summed E-state index contributed by atoms with van der Waals surface area (Å²) in [6.45, 7) is 8.49. The molecule has 6 nitrogen and oxygen atoms in total. The van der Waals surface area contributed by atoms with Crippen molar-refractivity contribution in [2.75, 3.05) is 19.6 Å². The van der Waals surface area contributed by atoms with Gasteiger partial charge in [-0.15, -0.1) is 0 Å². The van der Waals surface area contributed by atoms with E-state index in [-0.39, 0.29) is 0 Å². The number of nitrogens with one attached hydrogen (secondary N) is 2. The second-order valence-electron chi connectivity index (χ2n) is 5.24. The fraction of sp³-hybridized carbons (Fsp3) is 0.500. The van der Waals surface area contributed by atoms with E-state index in [4.69, 9.17) is 0 Å². The first kappa shape index (κ1) is 16.1. The van der Waals surface area contributed by atoms with Crippen LogP contribution >= 0.6 is 0 Å². The van der Waals surface area contributed by atoms with E-state index >= 15 is 0 Å². The third-order valence-corrected chi connectivity index (χ3v) is 3.25. The van der Waals surface area contributed by atoms with Crippen LogP contribution in [0.3, 0.4) is 0 Å². The lowest BCUT2D eigenvalue weighted by atomic mass is 10.4. The molecule has 0 amide bonds. The molecule has 0 saturated carbocycles. The van der Waals surface area contributed by atoms with E-state index in [2.05, 4.69) is 57.7 Å². The van der Waals surface area contributed by atoms with Crippen molar-refractivity contribution in [2.45, 2.75) is 33.4 Å². The SMILES string of the molecule is CCNC(=NCCCn1cc(C)cn1)NCCn1cccc1. The summed E-state index contributed by atoms with van der Waals surface area (Å²) in [5.74, 6) is 0.881. The average molecular weight is 302 g/mol. The predicted octanol–water partition coefficient (Wildman–Crippen LogP) is 1.64. The van der Waals surface area contributed by atoms with Crippen LogP contribution < -0.4 is 10.6 Å². The standard InChI is InChI=1S/C16H26N6/c1-3-17-16(19-8-12-21-9-4-5-10-21)18-7-6-11-22-14-15(2)13-20-22/h4-5,9-10,13-14H,3,6-8,11-12H2,1-2H3,(H2,17,18,19). The maximum atomic E-state index is 4.60. The molecule has 0 radical (unpaired) electrons. The quantitative estimate of drug-likeness (QED) is 0.443. The van der Waals surface area contributed by atoms with Crippen LogP contribution in [-0.2, 0) is 13.1 Å². The van der Waals surface area contributed by atoms with Crippen LogP contribution in [-0.4, -0.2) is 39.9 Å². The monoisotopic (exact) mass is 302 g/mol. The van der Waals surface area contributed by atoms with Crippen molar-refractivity contribution in [3.63, 3.8) is 0 Å². The van der Waals surface area contributed by atoms with Gasteiger partial charge >= 0.3 is 0 Å². The summed E-state index contributed by atoms with van der Waals surface area (Å²) in [4.78, 5) is 4.60. The first-order valence-electron chi connectivity index (χ1n) is 7.90. The zero-order chi connectivity index (χ0) is 15.6. The van der Waals surface area contributed by atoms with Crippen LogP contribution in [0.25, 0.3) is 0 Å². The van der Waals surface area contributed by atoms with Crippen molar-refractivity contribution in [3.05, 3.63) is 42.5 Å². The van der Waals surface area contributed by atoms with Gasteiger partial charge in [0.05, 0.1) is 6.20 Å². The summed E-state index contributed by atoms with van der Waals surface area (Å²) in [5.41, 5.74) is 1.20. The van der Waals surface area contributed by atoms with Gasteiger partial charge in [-0.25, -0.2) is 0 Å². The number of aromatic nitrogens is 3. The molecule has 0 fully saturated rings. The van der Waals surface area contributed by atoms with Crippen molar-refractivity contribution in [3.8, 4) is 0 Å². The summed E-state index contributed by atoms with van der Waals surface area (Å²) in [6.07, 6.45) is 9.06. The Bertz CT molecular complexity index is 555. The molecule has 0 bridgehead atoms. The maximum absolute atomic E-state index is 4.60. The van der Waals surface area contributed by atoms with Gasteiger partial charge in [0.1, 0.15) is 0 Å². The Labute approximate surface area is 132 Å². The first-order chi connectivity index (χ1) is 10.8. The van der Waals surface area contributed by atoms with Gasteiger partial charge in [0.15, 0.2) is 5.96 Å². The van der Waals surface area contributed by atoms with Crippen molar-refractivity contribution < 1.29 is 0 Å². The Hall–Kier alpha value is -2.24. The van der Waals surface area contributed by atoms with Crippen molar-refractivity contribution in [2.24, 2.45) is 4.99 Å². The normalized spacial score (nSPS) is 11.6. The molecular weight excluding hydrogens is 276 g/mol. The van der Waals surface area contributed by atoms with Crippen LogP contribution in [0.4, 0.5) is 0 Å². The molecule has 0 saturated heterocycles. The maximum Gasteiger partial charge on any atom is 0.191 e. The molecular formula is C16H26N6. The van der Waals surface area contributed by atoms with Gasteiger partial charge in [0.2, 0.25) is 0 Å². The molecule has 2 N–H and O–H groups in total. The van der Waals surface area contributed by atoms with Gasteiger partial charge in [0.25, 0.3) is 0 Å². The molecule has 0 aliphatic rings. The molecule has 2 aromatic rings. The third-order valence-electron chi connectivity index (χ3n) is 3.25. The van der Waals surface area contributed by atoms with Crippen LogP contribution in [0.15, 0.2) is 41.9 Å². The Morgan fingerprint density at radius 1 is 1.23 bits per heavy atom. The zero-order valence-corrected chi connectivity index (χ0v) is 13.5. The van der Waals surface area contributed by atoms with Crippen LogP contribution in [0.2, 0.25) is 0 Å². The van der Waals surface area contributed by atoms with Crippen LogP contribution in [0, 0.1) is 6.92 Å². The lowest BCUT2D eigenvalue weighted by Gasteiger charge is -2.11. The van der Waals surface area contributed by atoms with Gasteiger partial charge < -0.3 is 15.2 Å². The van der Waals surface area contributed by atoms with Gasteiger partial charge in [-0.3, -0.25) is 9.67 Å². The smallest absolute Gasteiger partial charge is 0.191 e. The summed E-state index contributed by atoms with van der Waals surface area (Å²) >= 11 is 0. The van der Waals surface area contributed by atoms with Gasteiger partial charge in [-0.2, -0.15) is 5.10 Å². The van der Waals surface area contributed by atoms with Crippen LogP contribution in [0.1, 0.15) is 18.9 Å². The molecule has 0 unspecified atom stereocenters. The highest BCUT2D eigenvalue weighted by Crippen LogP contribution is 1.96. The zero-order valence-electron chi connectivity index (χ0n) is 13.5. The molecule has 22 heavy (non-hydrogen) atoms. The van der Waals surface area contributed by atoms with Gasteiger partial charge in [-0.05, 0) is 38.0 Å². The van der Waals surface area contributed by atoms with E-state index in [0.717, 1.165) is 45.1 Å². The van der Waals surface area contributed by atoms with E-state index in [1.54, 1.807) is 0 Å². The lowest BCUT2D eigenvalue weighted by Crippen LogP contribution is -2.38. The Kier molecular flexibility index (Phi) is 6.54. The molecule has 0 atom stereocenters. The van der Waals surface area contributed by atoms with E-state index in [0.29, 0.717) is 0 Å². The Morgan fingerprint density at radius 2 is 2.05 bits per heavy atom. The summed E-state index contributed by atoms with van der Waals surface area (Å²) in [5, 5.41) is 10.9. The van der Waals surface area contributed by atoms with Gasteiger partial charge in [-0.1, -0.05) is 0 Å². The molecule has 6 heteroatoms. The Morgan fingerprint density at radius 3 is 2.73 bits per heavy atom. The molecule has 0 spiro atoms. The van der Waals surface area contributed by atoms with Crippen molar-refractivity contribution >= 4 is 5.96 Å². The lowest BCUT2D eigenvalue weighted by molar-refractivity contribution is 0.583. The fourth-order valence-electron chi connectivity index (χ4n) is 2.18. The summed E-state index contributed by atoms with van der Waals surface area (Å²) in [6, 6.07) is 4.08. The topological polar surface area (TPSA) is 59.2 Å². The minimum atomic E-state index is 0.789. The minimum Gasteiger partial charge on any atom is -0.357 e. The first-order valence-corrected chi connectivity index (χ1v) is 7.90. The highest BCUT2D eigenvalue weighted by atomic mass is 15.3. The number of hydrogen-bond donors (Lipinski definition) is 2. The molecule has 2 aromatic heterocycles. The Balaban J connectivity index is 1.69. The number of nitrogens with zero attached hydrogens (tertiary/aromatic N) is 4. The van der Waals surface area contributed by atoms with Gasteiger partial charge in [0, 0.05) is 51.3 Å². The minimum absolute atomic E-state index is 0.789. The van der Waals surface area contributed by atoms with Crippen LogP contribution in [0.5, 0.6) is 0 Å². The molecule has 0 aromatic carbocycles. The average Bonchev–Trinajstić information content (AvgIpc) is 3.15. The molecule has 2 rings (SSSR count). The van der Waals surface area contributed by atoms with E-state index in [9.17, 15) is 0 Å².